The Morgan fingerprint density at radius 2 is 2.05 bits per heavy atom. The molecular weight excluding hydrogens is 296 g/mol. The Morgan fingerprint density at radius 3 is 2.70 bits per heavy atom. The summed E-state index contributed by atoms with van der Waals surface area (Å²) in [5, 5.41) is 13.4. The van der Waals surface area contributed by atoms with Crippen molar-refractivity contribution in [2.24, 2.45) is 0 Å². The number of hydrogen-bond donors (Lipinski definition) is 2. The third kappa shape index (κ3) is 4.45. The molecular formula is C14H13ClN2O2S. The summed E-state index contributed by atoms with van der Waals surface area (Å²) in [6.07, 6.45) is 0.778. The third-order valence-electron chi connectivity index (χ3n) is 2.51. The Hall–Kier alpha value is -1.69. The SMILES string of the molecule is OC(COC(=S)Nc1ccc(Cl)cn1)c1ccccc1. The van der Waals surface area contributed by atoms with E-state index in [1.807, 2.05) is 30.3 Å². The van der Waals surface area contributed by atoms with Crippen molar-refractivity contribution in [1.82, 2.24) is 4.98 Å². The average Bonchev–Trinajstić information content (AvgIpc) is 2.48. The van der Waals surface area contributed by atoms with Crippen molar-refractivity contribution in [1.29, 1.82) is 0 Å². The summed E-state index contributed by atoms with van der Waals surface area (Å²) in [5.74, 6) is 0.536. The molecule has 1 aromatic carbocycles. The maximum atomic E-state index is 9.93. The first-order valence-corrected chi connectivity index (χ1v) is 6.72. The van der Waals surface area contributed by atoms with Crippen LogP contribution in [0.1, 0.15) is 11.7 Å². The van der Waals surface area contributed by atoms with Crippen LogP contribution in [0.15, 0.2) is 48.7 Å². The number of aliphatic hydroxyl groups excluding tert-OH is 1. The van der Waals surface area contributed by atoms with Crippen molar-refractivity contribution in [3.63, 3.8) is 0 Å². The van der Waals surface area contributed by atoms with Gasteiger partial charge in [0.05, 0.1) is 5.02 Å². The van der Waals surface area contributed by atoms with Gasteiger partial charge in [-0.15, -0.1) is 0 Å². The highest BCUT2D eigenvalue weighted by atomic mass is 35.5. The lowest BCUT2D eigenvalue weighted by atomic mass is 10.1. The number of rotatable bonds is 4. The highest BCUT2D eigenvalue weighted by molar-refractivity contribution is 7.80. The van der Waals surface area contributed by atoms with Crippen molar-refractivity contribution >= 4 is 34.8 Å². The van der Waals surface area contributed by atoms with E-state index in [9.17, 15) is 5.11 Å². The van der Waals surface area contributed by atoms with Gasteiger partial charge in [0.15, 0.2) is 0 Å². The van der Waals surface area contributed by atoms with Gasteiger partial charge in [-0.25, -0.2) is 4.98 Å². The molecule has 1 unspecified atom stereocenters. The number of nitrogens with zero attached hydrogens (tertiary/aromatic N) is 1. The number of pyridine rings is 1. The van der Waals surface area contributed by atoms with Gasteiger partial charge in [-0.05, 0) is 29.9 Å². The van der Waals surface area contributed by atoms with Gasteiger partial charge in [0.2, 0.25) is 0 Å². The van der Waals surface area contributed by atoms with Crippen LogP contribution in [0.5, 0.6) is 0 Å². The van der Waals surface area contributed by atoms with E-state index >= 15 is 0 Å². The molecule has 2 rings (SSSR count). The maximum Gasteiger partial charge on any atom is 0.262 e. The number of thiocarbonyl (C=S) groups is 1. The van der Waals surface area contributed by atoms with Gasteiger partial charge in [0.1, 0.15) is 18.5 Å². The number of aromatic nitrogens is 1. The highest BCUT2D eigenvalue weighted by Crippen LogP contribution is 2.13. The molecule has 0 bridgehead atoms. The van der Waals surface area contributed by atoms with Crippen molar-refractivity contribution in [3.8, 4) is 0 Å². The molecule has 0 amide bonds. The van der Waals surface area contributed by atoms with E-state index in [1.54, 1.807) is 12.1 Å². The summed E-state index contributed by atoms with van der Waals surface area (Å²) < 4.78 is 5.29. The smallest absolute Gasteiger partial charge is 0.262 e. The maximum absolute atomic E-state index is 9.93. The molecule has 0 saturated heterocycles. The molecule has 20 heavy (non-hydrogen) atoms. The topological polar surface area (TPSA) is 54.4 Å². The van der Waals surface area contributed by atoms with E-state index < -0.39 is 6.10 Å². The molecule has 0 saturated carbocycles. The largest absolute Gasteiger partial charge is 0.468 e. The second kappa shape index (κ2) is 7.19. The molecule has 0 fully saturated rings. The normalized spacial score (nSPS) is 11.7. The monoisotopic (exact) mass is 308 g/mol. The van der Waals surface area contributed by atoms with Crippen LogP contribution in [0.3, 0.4) is 0 Å². The summed E-state index contributed by atoms with van der Waals surface area (Å²) in [6, 6.07) is 12.6. The number of ether oxygens (including phenoxy) is 1. The zero-order valence-corrected chi connectivity index (χ0v) is 12.1. The predicted molar refractivity (Wildman–Crippen MR) is 82.8 cm³/mol. The number of halogens is 1. The molecule has 2 aromatic rings. The number of benzene rings is 1. The van der Waals surface area contributed by atoms with Gasteiger partial charge < -0.3 is 15.2 Å². The van der Waals surface area contributed by atoms with Crippen molar-refractivity contribution in [3.05, 3.63) is 59.2 Å². The minimum Gasteiger partial charge on any atom is -0.468 e. The van der Waals surface area contributed by atoms with Crippen LogP contribution in [0.25, 0.3) is 0 Å². The molecule has 0 aliphatic rings. The van der Waals surface area contributed by atoms with Gasteiger partial charge in [-0.1, -0.05) is 41.9 Å². The zero-order valence-electron chi connectivity index (χ0n) is 10.5. The van der Waals surface area contributed by atoms with Gasteiger partial charge in [0.25, 0.3) is 5.17 Å². The molecule has 2 N–H and O–H groups in total. The average molecular weight is 309 g/mol. The first kappa shape index (κ1) is 14.7. The number of nitrogens with one attached hydrogen (secondary N) is 1. The zero-order chi connectivity index (χ0) is 14.4. The van der Waals surface area contributed by atoms with Gasteiger partial charge in [-0.3, -0.25) is 0 Å². The fourth-order valence-electron chi connectivity index (χ4n) is 1.52. The van der Waals surface area contributed by atoms with Gasteiger partial charge >= 0.3 is 0 Å². The fourth-order valence-corrected chi connectivity index (χ4v) is 1.80. The summed E-state index contributed by atoms with van der Waals surface area (Å²) in [6.45, 7) is 0.0729. The molecule has 0 aliphatic carbocycles. The van der Waals surface area contributed by atoms with E-state index in [2.05, 4.69) is 10.3 Å². The second-order valence-electron chi connectivity index (χ2n) is 4.01. The molecule has 0 spiro atoms. The van der Waals surface area contributed by atoms with E-state index in [0.717, 1.165) is 5.56 Å². The lowest BCUT2D eigenvalue weighted by Gasteiger charge is -2.13. The second-order valence-corrected chi connectivity index (χ2v) is 4.82. The van der Waals surface area contributed by atoms with Crippen molar-refractivity contribution < 1.29 is 9.84 Å². The Kier molecular flexibility index (Phi) is 5.29. The van der Waals surface area contributed by atoms with Crippen LogP contribution in [0.2, 0.25) is 5.02 Å². The first-order chi connectivity index (χ1) is 9.65. The van der Waals surface area contributed by atoms with Crippen LogP contribution < -0.4 is 5.32 Å². The summed E-state index contributed by atoms with van der Waals surface area (Å²) in [4.78, 5) is 4.03. The lowest BCUT2D eigenvalue weighted by molar-refractivity contribution is 0.104. The van der Waals surface area contributed by atoms with Crippen LogP contribution >= 0.6 is 23.8 Å². The Morgan fingerprint density at radius 1 is 1.30 bits per heavy atom. The number of anilines is 1. The van der Waals surface area contributed by atoms with Crippen LogP contribution in [-0.2, 0) is 4.74 Å². The number of hydrogen-bond acceptors (Lipinski definition) is 4. The molecule has 1 aromatic heterocycles. The van der Waals surface area contributed by atoms with Crippen LogP contribution in [-0.4, -0.2) is 21.9 Å². The quantitative estimate of drug-likeness (QED) is 0.850. The van der Waals surface area contributed by atoms with Gasteiger partial charge in [0, 0.05) is 6.20 Å². The summed E-state index contributed by atoms with van der Waals surface area (Å²) in [7, 11) is 0. The molecule has 0 aliphatic heterocycles. The molecule has 0 radical (unpaired) electrons. The van der Waals surface area contributed by atoms with E-state index in [4.69, 9.17) is 28.6 Å². The standard InChI is InChI=1S/C14H13ClN2O2S/c15-11-6-7-13(16-8-11)17-14(20)19-9-12(18)10-4-2-1-3-5-10/h1-8,12,18H,9H2,(H,16,17,20). The minimum atomic E-state index is -0.728. The van der Waals surface area contributed by atoms with Crippen molar-refractivity contribution in [2.45, 2.75) is 6.10 Å². The molecule has 104 valence electrons. The molecule has 4 nitrogen and oxygen atoms in total. The van der Waals surface area contributed by atoms with Gasteiger partial charge in [-0.2, -0.15) is 0 Å². The minimum absolute atomic E-state index is 0.0729. The predicted octanol–water partition coefficient (Wildman–Crippen LogP) is 3.18. The van der Waals surface area contributed by atoms with Crippen LogP contribution in [0, 0.1) is 0 Å². The third-order valence-corrected chi connectivity index (χ3v) is 2.96. The lowest BCUT2D eigenvalue weighted by Crippen LogP contribution is -2.18. The number of aliphatic hydroxyl groups is 1. The van der Waals surface area contributed by atoms with E-state index in [-0.39, 0.29) is 11.8 Å². The van der Waals surface area contributed by atoms with Crippen LogP contribution in [0.4, 0.5) is 5.82 Å². The van der Waals surface area contributed by atoms with Crippen molar-refractivity contribution in [2.75, 3.05) is 11.9 Å². The van der Waals surface area contributed by atoms with E-state index in [0.29, 0.717) is 10.8 Å². The Bertz CT molecular complexity index is 563. The Labute approximate surface area is 127 Å². The highest BCUT2D eigenvalue weighted by Gasteiger charge is 2.09. The summed E-state index contributed by atoms with van der Waals surface area (Å²) >= 11 is 10.8. The molecule has 1 atom stereocenters. The summed E-state index contributed by atoms with van der Waals surface area (Å²) in [5.41, 5.74) is 0.778. The fraction of sp³-hybridized carbons (Fsp3) is 0.143. The van der Waals surface area contributed by atoms with E-state index in [1.165, 1.54) is 6.20 Å². The molecule has 1 heterocycles. The first-order valence-electron chi connectivity index (χ1n) is 5.93. The Balaban J connectivity index is 1.82. The molecule has 6 heteroatoms.